The number of benzene rings is 1. The number of ether oxygens (including phenoxy) is 2. The Kier molecular flexibility index (Phi) is 6.07. The summed E-state index contributed by atoms with van der Waals surface area (Å²) in [5, 5.41) is 5.58. The first-order chi connectivity index (χ1) is 11.0. The lowest BCUT2D eigenvalue weighted by Gasteiger charge is -2.27. The number of carbonyl (C=O) groups is 1. The molecule has 1 aliphatic rings. The smallest absolute Gasteiger partial charge is 0.315 e. The van der Waals surface area contributed by atoms with Crippen LogP contribution in [0.5, 0.6) is 11.5 Å². The summed E-state index contributed by atoms with van der Waals surface area (Å²) in [5.41, 5.74) is 0.837. The van der Waals surface area contributed by atoms with Crippen molar-refractivity contribution in [2.24, 2.45) is 0 Å². The lowest BCUT2D eigenvalue weighted by molar-refractivity contribution is 0.182. The van der Waals surface area contributed by atoms with E-state index in [0.717, 1.165) is 18.4 Å². The van der Waals surface area contributed by atoms with E-state index in [2.05, 4.69) is 10.6 Å². The molecule has 6 heteroatoms. The normalized spacial score (nSPS) is 22.1. The fraction of sp³-hybridized carbons (Fsp3) is 0.588. The number of alkyl halides is 1. The summed E-state index contributed by atoms with van der Waals surface area (Å²) >= 11 is 0. The van der Waals surface area contributed by atoms with Gasteiger partial charge in [-0.15, -0.1) is 0 Å². The van der Waals surface area contributed by atoms with E-state index in [9.17, 15) is 9.18 Å². The van der Waals surface area contributed by atoms with Gasteiger partial charge in [-0.25, -0.2) is 9.18 Å². The van der Waals surface area contributed by atoms with Gasteiger partial charge in [0.1, 0.15) is 17.7 Å². The van der Waals surface area contributed by atoms with Gasteiger partial charge >= 0.3 is 6.03 Å². The molecule has 23 heavy (non-hydrogen) atoms. The van der Waals surface area contributed by atoms with Gasteiger partial charge in [0.2, 0.25) is 0 Å². The van der Waals surface area contributed by atoms with Crippen molar-refractivity contribution in [3.05, 3.63) is 23.8 Å². The minimum absolute atomic E-state index is 0.266. The molecule has 1 aromatic carbocycles. The van der Waals surface area contributed by atoms with Crippen LogP contribution in [0.15, 0.2) is 18.2 Å². The van der Waals surface area contributed by atoms with Crippen molar-refractivity contribution in [2.45, 2.75) is 50.9 Å². The number of nitrogens with one attached hydrogen (secondary N) is 2. The molecule has 1 aliphatic carbocycles. The van der Waals surface area contributed by atoms with Crippen LogP contribution in [0.3, 0.4) is 0 Å². The molecule has 0 spiro atoms. The molecule has 1 fully saturated rings. The molecule has 5 nitrogen and oxygen atoms in total. The first kappa shape index (κ1) is 17.4. The zero-order chi connectivity index (χ0) is 16.8. The van der Waals surface area contributed by atoms with E-state index in [0.29, 0.717) is 24.3 Å². The highest BCUT2D eigenvalue weighted by molar-refractivity contribution is 5.75. The first-order valence-corrected chi connectivity index (χ1v) is 7.98. The molecule has 1 aromatic rings. The third kappa shape index (κ3) is 4.50. The Hall–Kier alpha value is -1.98. The average Bonchev–Trinajstić information content (AvgIpc) is 2.56. The molecule has 128 valence electrons. The Morgan fingerprint density at radius 1 is 1.26 bits per heavy atom. The van der Waals surface area contributed by atoms with Crippen LogP contribution in [0.4, 0.5) is 9.18 Å². The second-order valence-corrected chi connectivity index (χ2v) is 5.85. The second kappa shape index (κ2) is 8.04. The van der Waals surface area contributed by atoms with Crippen LogP contribution in [0.2, 0.25) is 0 Å². The van der Waals surface area contributed by atoms with Gasteiger partial charge < -0.3 is 20.1 Å². The van der Waals surface area contributed by atoms with Gasteiger partial charge in [0.15, 0.2) is 0 Å². The van der Waals surface area contributed by atoms with Gasteiger partial charge in [0.25, 0.3) is 0 Å². The first-order valence-electron chi connectivity index (χ1n) is 7.98. The maximum atomic E-state index is 13.8. The molecule has 3 atom stereocenters. The molecular weight excluding hydrogens is 299 g/mol. The molecule has 0 saturated heterocycles. The van der Waals surface area contributed by atoms with Crippen molar-refractivity contribution >= 4 is 6.03 Å². The molecule has 0 heterocycles. The quantitative estimate of drug-likeness (QED) is 0.873. The number of halogens is 1. The van der Waals surface area contributed by atoms with Crippen molar-refractivity contribution in [3.63, 3.8) is 0 Å². The lowest BCUT2D eigenvalue weighted by atomic mass is 9.94. The van der Waals surface area contributed by atoms with Crippen LogP contribution in [0.1, 0.15) is 44.2 Å². The van der Waals surface area contributed by atoms with E-state index in [1.807, 2.05) is 19.1 Å². The van der Waals surface area contributed by atoms with Gasteiger partial charge in [-0.1, -0.05) is 12.8 Å². The number of hydrogen-bond acceptors (Lipinski definition) is 3. The zero-order valence-electron chi connectivity index (χ0n) is 13.9. The Morgan fingerprint density at radius 3 is 2.65 bits per heavy atom. The summed E-state index contributed by atoms with van der Waals surface area (Å²) in [6.45, 7) is 1.86. The van der Waals surface area contributed by atoms with Crippen molar-refractivity contribution in [1.82, 2.24) is 10.6 Å². The van der Waals surface area contributed by atoms with Gasteiger partial charge in [0, 0.05) is 11.6 Å². The van der Waals surface area contributed by atoms with Crippen LogP contribution in [-0.2, 0) is 0 Å². The maximum absolute atomic E-state index is 13.8. The third-order valence-corrected chi connectivity index (χ3v) is 4.25. The maximum Gasteiger partial charge on any atom is 0.315 e. The Balaban J connectivity index is 1.98. The van der Waals surface area contributed by atoms with Crippen molar-refractivity contribution in [1.29, 1.82) is 0 Å². The molecule has 1 saturated carbocycles. The van der Waals surface area contributed by atoms with Crippen molar-refractivity contribution < 1.29 is 18.7 Å². The van der Waals surface area contributed by atoms with Gasteiger partial charge in [-0.05, 0) is 31.9 Å². The van der Waals surface area contributed by atoms with Crippen LogP contribution in [0.25, 0.3) is 0 Å². The minimum Gasteiger partial charge on any atom is -0.497 e. The van der Waals surface area contributed by atoms with E-state index < -0.39 is 12.2 Å². The largest absolute Gasteiger partial charge is 0.497 e. The lowest BCUT2D eigenvalue weighted by Crippen LogP contribution is -2.48. The van der Waals surface area contributed by atoms with Crippen LogP contribution >= 0.6 is 0 Å². The van der Waals surface area contributed by atoms with Crippen molar-refractivity contribution in [3.8, 4) is 11.5 Å². The molecule has 0 aromatic heterocycles. The standard InChI is InChI=1S/C17H25FN2O3/c1-11(13-9-8-12(22-2)10-16(13)23-3)19-17(21)20-15-7-5-4-6-14(15)18/h8-11,14-15H,4-7H2,1-3H3,(H2,19,20,21)/t11-,14+,15-/m1/s1. The summed E-state index contributed by atoms with van der Waals surface area (Å²) in [7, 11) is 3.15. The highest BCUT2D eigenvalue weighted by atomic mass is 19.1. The summed E-state index contributed by atoms with van der Waals surface area (Å²) in [6.07, 6.45) is 2.09. The number of carbonyl (C=O) groups excluding carboxylic acids is 1. The Bertz CT molecular complexity index is 539. The van der Waals surface area contributed by atoms with E-state index in [1.54, 1.807) is 20.3 Å². The minimum atomic E-state index is -0.958. The molecule has 2 N–H and O–H groups in total. The number of methoxy groups -OCH3 is 2. The third-order valence-electron chi connectivity index (χ3n) is 4.25. The predicted octanol–water partition coefficient (Wildman–Crippen LogP) is 3.34. The summed E-state index contributed by atoms with van der Waals surface area (Å²) in [6, 6.07) is 4.41. The second-order valence-electron chi connectivity index (χ2n) is 5.85. The number of urea groups is 1. The summed E-state index contributed by atoms with van der Waals surface area (Å²) in [5.74, 6) is 1.32. The van der Waals surface area contributed by atoms with Crippen LogP contribution in [-0.4, -0.2) is 32.5 Å². The topological polar surface area (TPSA) is 59.6 Å². The zero-order valence-corrected chi connectivity index (χ0v) is 13.9. The van der Waals surface area contributed by atoms with Gasteiger partial charge in [0.05, 0.1) is 26.3 Å². The van der Waals surface area contributed by atoms with Gasteiger partial charge in [-0.3, -0.25) is 0 Å². The molecular formula is C17H25FN2O3. The predicted molar refractivity (Wildman–Crippen MR) is 86.8 cm³/mol. The molecule has 0 bridgehead atoms. The number of hydrogen-bond donors (Lipinski definition) is 2. The van der Waals surface area contributed by atoms with E-state index in [4.69, 9.17) is 9.47 Å². The highest BCUT2D eigenvalue weighted by Gasteiger charge is 2.26. The number of rotatable bonds is 5. The van der Waals surface area contributed by atoms with Crippen molar-refractivity contribution in [2.75, 3.05) is 14.2 Å². The fourth-order valence-electron chi connectivity index (χ4n) is 2.91. The molecule has 0 radical (unpaired) electrons. The highest BCUT2D eigenvalue weighted by Crippen LogP contribution is 2.29. The van der Waals surface area contributed by atoms with E-state index in [-0.39, 0.29) is 12.1 Å². The van der Waals surface area contributed by atoms with Crippen LogP contribution in [0, 0.1) is 0 Å². The monoisotopic (exact) mass is 324 g/mol. The number of amides is 2. The molecule has 0 aliphatic heterocycles. The van der Waals surface area contributed by atoms with Gasteiger partial charge in [-0.2, -0.15) is 0 Å². The molecule has 0 unspecified atom stereocenters. The Labute approximate surface area is 136 Å². The summed E-state index contributed by atoms with van der Waals surface area (Å²) < 4.78 is 24.3. The SMILES string of the molecule is COc1ccc([C@@H](C)NC(=O)N[C@@H]2CCCC[C@@H]2F)c(OC)c1. The molecule has 2 rings (SSSR count). The van der Waals surface area contributed by atoms with E-state index in [1.165, 1.54) is 0 Å². The average molecular weight is 324 g/mol. The van der Waals surface area contributed by atoms with E-state index >= 15 is 0 Å². The fourth-order valence-corrected chi connectivity index (χ4v) is 2.91. The van der Waals surface area contributed by atoms with Crippen LogP contribution < -0.4 is 20.1 Å². The summed E-state index contributed by atoms with van der Waals surface area (Å²) in [4.78, 5) is 12.1. The molecule has 2 amide bonds. The Morgan fingerprint density at radius 2 is 2.00 bits per heavy atom.